The number of nitrogens with one attached hydrogen (secondary N) is 1. The Balaban J connectivity index is 2.14. The maximum absolute atomic E-state index is 12.8. The molecule has 1 unspecified atom stereocenters. The molecule has 0 aliphatic carbocycles. The molecule has 0 saturated heterocycles. The van der Waals surface area contributed by atoms with Gasteiger partial charge in [-0.3, -0.25) is 10.1 Å². The summed E-state index contributed by atoms with van der Waals surface area (Å²) >= 11 is 3.44. The maximum Gasteiger partial charge on any atom is 0.344 e. The fourth-order valence-electron chi connectivity index (χ4n) is 3.30. The van der Waals surface area contributed by atoms with Crippen LogP contribution in [-0.2, 0) is 0 Å². The zero-order valence-corrected chi connectivity index (χ0v) is 15.6. The highest BCUT2D eigenvalue weighted by Gasteiger charge is 2.43. The van der Waals surface area contributed by atoms with Crippen LogP contribution in [0.15, 0.2) is 73.8 Å². The molecule has 3 aromatic rings. The molecular weight excluding hydrogens is 416 g/mol. The lowest BCUT2D eigenvalue weighted by Crippen LogP contribution is -2.31. The number of fused-ring (bicyclic) bond motifs is 3. The highest BCUT2D eigenvalue weighted by molar-refractivity contribution is 9.10. The minimum atomic E-state index is -0.956. The van der Waals surface area contributed by atoms with E-state index in [0.29, 0.717) is 21.0 Å². The second-order valence-corrected chi connectivity index (χ2v) is 6.76. The van der Waals surface area contributed by atoms with Crippen molar-refractivity contribution in [2.45, 2.75) is 5.92 Å². The van der Waals surface area contributed by atoms with Crippen molar-refractivity contribution in [3.05, 3.63) is 96.2 Å². The van der Waals surface area contributed by atoms with Gasteiger partial charge in [-0.25, -0.2) is 4.79 Å². The van der Waals surface area contributed by atoms with E-state index in [9.17, 15) is 14.9 Å². The Kier molecular flexibility index (Phi) is 4.19. The van der Waals surface area contributed by atoms with Crippen molar-refractivity contribution in [2.24, 2.45) is 0 Å². The topological polar surface area (TPSA) is 94.6 Å². The summed E-state index contributed by atoms with van der Waals surface area (Å²) in [4.78, 5) is 24.2. The minimum absolute atomic E-state index is 0.0102. The quantitative estimate of drug-likeness (QED) is 0.387. The van der Waals surface area contributed by atoms with Gasteiger partial charge in [-0.15, -0.1) is 0 Å². The van der Waals surface area contributed by atoms with Crippen LogP contribution >= 0.6 is 15.9 Å². The van der Waals surface area contributed by atoms with E-state index >= 15 is 0 Å². The van der Waals surface area contributed by atoms with Gasteiger partial charge in [0.15, 0.2) is 5.75 Å². The lowest BCUT2D eigenvalue weighted by Gasteiger charge is -2.25. The van der Waals surface area contributed by atoms with Gasteiger partial charge in [0.05, 0.1) is 15.9 Å². The Labute approximate surface area is 161 Å². The normalized spacial score (nSPS) is 16.0. The predicted molar refractivity (Wildman–Crippen MR) is 102 cm³/mol. The lowest BCUT2D eigenvalue weighted by atomic mass is 9.87. The molecule has 0 radical (unpaired) electrons. The molecule has 0 spiro atoms. The Bertz CT molecular complexity index is 1170. The molecule has 136 valence electrons. The molecule has 0 fully saturated rings. The minimum Gasteiger partial charge on any atom is -0.434 e. The fourth-order valence-corrected chi connectivity index (χ4v) is 3.81. The molecule has 1 aromatic heterocycles. The molecule has 7 nitrogen and oxygen atoms in total. The molecule has 1 aliphatic rings. The van der Waals surface area contributed by atoms with Crippen molar-refractivity contribution in [1.82, 2.24) is 5.32 Å². The molecule has 1 N–H and O–H groups in total. The first kappa shape index (κ1) is 17.3. The molecule has 4 rings (SSSR count). The molecule has 27 heavy (non-hydrogen) atoms. The first-order valence-electron chi connectivity index (χ1n) is 8.07. The van der Waals surface area contributed by atoms with Crippen LogP contribution in [0.4, 0.5) is 0 Å². The van der Waals surface area contributed by atoms with E-state index in [4.69, 9.17) is 9.15 Å². The number of hydrogen-bond donors (Lipinski definition) is 1. The molecule has 0 saturated carbocycles. The van der Waals surface area contributed by atoms with Crippen molar-refractivity contribution in [3.8, 4) is 5.75 Å². The second kappa shape index (κ2) is 6.55. The Morgan fingerprint density at radius 2 is 1.85 bits per heavy atom. The highest BCUT2D eigenvalue weighted by Crippen LogP contribution is 2.45. The first-order valence-corrected chi connectivity index (χ1v) is 8.86. The van der Waals surface area contributed by atoms with Crippen LogP contribution in [0.2, 0.25) is 0 Å². The van der Waals surface area contributed by atoms with Crippen molar-refractivity contribution in [3.63, 3.8) is 0 Å². The third-order valence-electron chi connectivity index (χ3n) is 4.44. The largest absolute Gasteiger partial charge is 0.434 e. The zero-order valence-electron chi connectivity index (χ0n) is 14.1. The van der Waals surface area contributed by atoms with Gasteiger partial charge in [0.2, 0.25) is 0 Å². The third-order valence-corrected chi connectivity index (χ3v) is 5.16. The van der Waals surface area contributed by atoms with Gasteiger partial charge in [-0.05, 0) is 23.8 Å². The summed E-state index contributed by atoms with van der Waals surface area (Å²) < 4.78 is 11.9. The SMILES string of the molecule is CNC1=C([N+](=O)[O-])C(c2ccccc2Br)c2c(c3ccccc3oc2=O)O1. The first-order chi connectivity index (χ1) is 13.0. The standard InChI is InChI=1S/C19H13BrN2O5/c1-21-18-16(22(24)25)14(10-6-2-4-8-12(10)20)15-17(27-18)11-7-3-5-9-13(11)26-19(15)23/h2-9,14,21H,1H3. The molecule has 2 heterocycles. The van der Waals surface area contributed by atoms with Crippen LogP contribution in [-0.4, -0.2) is 12.0 Å². The van der Waals surface area contributed by atoms with Crippen molar-refractivity contribution < 1.29 is 14.1 Å². The smallest absolute Gasteiger partial charge is 0.344 e. The van der Waals surface area contributed by atoms with Gasteiger partial charge in [0.25, 0.3) is 5.88 Å². The summed E-state index contributed by atoms with van der Waals surface area (Å²) in [5.74, 6) is -0.704. The van der Waals surface area contributed by atoms with Gasteiger partial charge < -0.3 is 14.5 Å². The Morgan fingerprint density at radius 1 is 1.15 bits per heavy atom. The fraction of sp³-hybridized carbons (Fsp3) is 0.105. The monoisotopic (exact) mass is 428 g/mol. The van der Waals surface area contributed by atoms with E-state index in [1.54, 1.807) is 48.5 Å². The van der Waals surface area contributed by atoms with E-state index in [1.807, 2.05) is 0 Å². The molecular formula is C19H13BrN2O5. The average molecular weight is 429 g/mol. The number of para-hydroxylation sites is 1. The molecule has 0 bridgehead atoms. The number of allylic oxidation sites excluding steroid dienone is 1. The lowest BCUT2D eigenvalue weighted by molar-refractivity contribution is -0.433. The molecule has 1 aliphatic heterocycles. The Morgan fingerprint density at radius 3 is 2.56 bits per heavy atom. The van der Waals surface area contributed by atoms with Crippen LogP contribution in [0.25, 0.3) is 11.0 Å². The van der Waals surface area contributed by atoms with E-state index in [-0.39, 0.29) is 22.9 Å². The van der Waals surface area contributed by atoms with Crippen molar-refractivity contribution in [1.29, 1.82) is 0 Å². The van der Waals surface area contributed by atoms with E-state index < -0.39 is 16.5 Å². The predicted octanol–water partition coefficient (Wildman–Crippen LogP) is 3.75. The third kappa shape index (κ3) is 2.69. The number of hydrogen-bond acceptors (Lipinski definition) is 6. The highest BCUT2D eigenvalue weighted by atomic mass is 79.9. The summed E-state index contributed by atoms with van der Waals surface area (Å²) in [6, 6.07) is 14.0. The molecule has 2 aromatic carbocycles. The van der Waals surface area contributed by atoms with Crippen LogP contribution < -0.4 is 15.7 Å². The number of rotatable bonds is 3. The summed E-state index contributed by atoms with van der Waals surface area (Å²) in [7, 11) is 1.54. The van der Waals surface area contributed by atoms with Crippen LogP contribution in [0.3, 0.4) is 0 Å². The number of halogens is 1. The number of benzene rings is 2. The second-order valence-electron chi connectivity index (χ2n) is 5.91. The van der Waals surface area contributed by atoms with Crippen molar-refractivity contribution in [2.75, 3.05) is 7.05 Å². The Hall–Kier alpha value is -3.13. The summed E-state index contributed by atoms with van der Waals surface area (Å²) in [6.07, 6.45) is 0. The number of nitro groups is 1. The van der Waals surface area contributed by atoms with Gasteiger partial charge in [-0.2, -0.15) is 0 Å². The van der Waals surface area contributed by atoms with Gasteiger partial charge in [0.1, 0.15) is 11.5 Å². The number of ether oxygens (including phenoxy) is 1. The van der Waals surface area contributed by atoms with Crippen LogP contribution in [0.1, 0.15) is 17.0 Å². The average Bonchev–Trinajstić information content (AvgIpc) is 2.67. The van der Waals surface area contributed by atoms with Crippen LogP contribution in [0, 0.1) is 10.1 Å². The summed E-state index contributed by atoms with van der Waals surface area (Å²) in [6.45, 7) is 0. The number of nitrogens with zero attached hydrogens (tertiary/aromatic N) is 1. The molecule has 8 heteroatoms. The van der Waals surface area contributed by atoms with Gasteiger partial charge >= 0.3 is 11.3 Å². The molecule has 1 atom stereocenters. The van der Waals surface area contributed by atoms with Crippen molar-refractivity contribution >= 4 is 26.9 Å². The van der Waals surface area contributed by atoms with Gasteiger partial charge in [0, 0.05) is 11.5 Å². The van der Waals surface area contributed by atoms with Gasteiger partial charge in [-0.1, -0.05) is 46.3 Å². The summed E-state index contributed by atoms with van der Waals surface area (Å²) in [5, 5.41) is 15.2. The van der Waals surface area contributed by atoms with E-state index in [1.165, 1.54) is 7.05 Å². The zero-order chi connectivity index (χ0) is 19.1. The molecule has 0 amide bonds. The van der Waals surface area contributed by atoms with E-state index in [0.717, 1.165) is 0 Å². The van der Waals surface area contributed by atoms with Crippen LogP contribution in [0.5, 0.6) is 5.75 Å². The van der Waals surface area contributed by atoms with E-state index in [2.05, 4.69) is 21.2 Å². The maximum atomic E-state index is 12.8. The summed E-state index contributed by atoms with van der Waals surface area (Å²) in [5.41, 5.74) is 0.112.